The maximum atomic E-state index is 13.5. The predicted octanol–water partition coefficient (Wildman–Crippen LogP) is 5.94. The van der Waals surface area contributed by atoms with Gasteiger partial charge >= 0.3 is 6.18 Å². The molecule has 0 radical (unpaired) electrons. The smallest absolute Gasteiger partial charge is 0.376 e. The van der Waals surface area contributed by atoms with Crippen LogP contribution in [0.1, 0.15) is 34.7 Å². The zero-order valence-electron chi connectivity index (χ0n) is 18.6. The zero-order valence-corrected chi connectivity index (χ0v) is 18.6. The van der Waals surface area contributed by atoms with Crippen molar-refractivity contribution in [2.45, 2.75) is 39.0 Å². The van der Waals surface area contributed by atoms with Gasteiger partial charge < -0.3 is 10.0 Å². The normalized spacial score (nSPS) is 13.5. The summed E-state index contributed by atoms with van der Waals surface area (Å²) in [5, 5.41) is 11.1. The molecule has 0 aliphatic carbocycles. The van der Waals surface area contributed by atoms with E-state index in [4.69, 9.17) is 0 Å². The number of halogens is 4. The quantitative estimate of drug-likeness (QED) is 0.463. The molecular weight excluding hydrogens is 434 g/mol. The fourth-order valence-corrected chi connectivity index (χ4v) is 3.50. The number of carbonyl (C=O) groups is 1. The zero-order chi connectivity index (χ0) is 24.4. The number of carbonyl (C=O) groups excluding carboxylic acids is 1. The van der Waals surface area contributed by atoms with E-state index in [2.05, 4.69) is 0 Å². The fraction of sp³-hybridized carbons (Fsp3) is 0.269. The Balaban J connectivity index is 1.91. The van der Waals surface area contributed by atoms with Gasteiger partial charge in [0.1, 0.15) is 5.82 Å². The monoisotopic (exact) mass is 459 g/mol. The van der Waals surface area contributed by atoms with Crippen molar-refractivity contribution in [3.8, 4) is 0 Å². The van der Waals surface area contributed by atoms with Gasteiger partial charge in [-0.15, -0.1) is 0 Å². The molecule has 0 bridgehead atoms. The molecule has 3 nitrogen and oxygen atoms in total. The largest absolute Gasteiger partial charge is 0.416 e. The molecule has 0 saturated heterocycles. The summed E-state index contributed by atoms with van der Waals surface area (Å²) in [6.45, 7) is 5.30. The van der Waals surface area contributed by atoms with Crippen LogP contribution < -0.4 is 4.90 Å². The Hall–Kier alpha value is -3.19. The van der Waals surface area contributed by atoms with Crippen molar-refractivity contribution in [2.24, 2.45) is 0 Å². The molecule has 0 aromatic heterocycles. The van der Waals surface area contributed by atoms with Gasteiger partial charge in [0.2, 0.25) is 0 Å². The second kappa shape index (κ2) is 9.35. The average molecular weight is 459 g/mol. The Morgan fingerprint density at radius 3 is 2.00 bits per heavy atom. The molecule has 0 fully saturated rings. The van der Waals surface area contributed by atoms with Crippen LogP contribution in [0.2, 0.25) is 0 Å². The lowest BCUT2D eigenvalue weighted by molar-refractivity contribution is -0.137. The van der Waals surface area contributed by atoms with Crippen molar-refractivity contribution in [1.29, 1.82) is 0 Å². The summed E-state index contributed by atoms with van der Waals surface area (Å²) in [5.41, 5.74) is 0.695. The fourth-order valence-electron chi connectivity index (χ4n) is 3.50. The van der Waals surface area contributed by atoms with E-state index in [9.17, 15) is 27.5 Å². The number of rotatable bonds is 6. The Bertz CT molecular complexity index is 1120. The SMILES string of the molecule is Cc1ccc(N(CCc2ccc(C(F)(F)F)cc2)C(=O)C(C)(O)c2ccc(F)cc2)cc1C. The van der Waals surface area contributed by atoms with Gasteiger partial charge in [0.05, 0.1) is 5.56 Å². The van der Waals surface area contributed by atoms with Crippen LogP contribution in [0.15, 0.2) is 66.7 Å². The highest BCUT2D eigenvalue weighted by atomic mass is 19.4. The Morgan fingerprint density at radius 1 is 0.879 bits per heavy atom. The summed E-state index contributed by atoms with van der Waals surface area (Å²) < 4.78 is 51.9. The minimum Gasteiger partial charge on any atom is -0.376 e. The van der Waals surface area contributed by atoms with Crippen LogP contribution in [0.3, 0.4) is 0 Å². The maximum absolute atomic E-state index is 13.5. The molecular formula is C26H25F4NO2. The summed E-state index contributed by atoms with van der Waals surface area (Å²) in [6.07, 6.45) is -4.15. The van der Waals surface area contributed by atoms with Gasteiger partial charge in [-0.05, 0) is 85.8 Å². The third-order valence-electron chi connectivity index (χ3n) is 5.78. The van der Waals surface area contributed by atoms with Crippen molar-refractivity contribution >= 4 is 11.6 Å². The van der Waals surface area contributed by atoms with Crippen molar-refractivity contribution in [2.75, 3.05) is 11.4 Å². The summed E-state index contributed by atoms with van der Waals surface area (Å²) >= 11 is 0. The van der Waals surface area contributed by atoms with Gasteiger partial charge in [-0.25, -0.2) is 4.39 Å². The molecule has 7 heteroatoms. The van der Waals surface area contributed by atoms with Crippen molar-refractivity contribution in [3.63, 3.8) is 0 Å². The topological polar surface area (TPSA) is 40.5 Å². The van der Waals surface area contributed by atoms with Crippen LogP contribution in [0, 0.1) is 19.7 Å². The number of hydrogen-bond acceptors (Lipinski definition) is 2. The van der Waals surface area contributed by atoms with E-state index in [0.717, 1.165) is 23.3 Å². The van der Waals surface area contributed by atoms with Gasteiger partial charge in [-0.1, -0.05) is 30.3 Å². The lowest BCUT2D eigenvalue weighted by atomic mass is 9.93. The first-order valence-electron chi connectivity index (χ1n) is 10.4. The van der Waals surface area contributed by atoms with Gasteiger partial charge in [0.25, 0.3) is 5.91 Å². The van der Waals surface area contributed by atoms with Crippen LogP contribution >= 0.6 is 0 Å². The molecule has 0 aliphatic rings. The Labute approximate surface area is 190 Å². The lowest BCUT2D eigenvalue weighted by Crippen LogP contribution is -2.46. The third kappa shape index (κ3) is 5.60. The summed E-state index contributed by atoms with van der Waals surface area (Å²) in [7, 11) is 0. The van der Waals surface area contributed by atoms with E-state index in [0.29, 0.717) is 11.3 Å². The molecule has 0 spiro atoms. The number of anilines is 1. The highest BCUT2D eigenvalue weighted by Gasteiger charge is 2.37. The van der Waals surface area contributed by atoms with Crippen molar-refractivity contribution < 1.29 is 27.5 Å². The van der Waals surface area contributed by atoms with Crippen LogP contribution in [0.25, 0.3) is 0 Å². The first-order chi connectivity index (χ1) is 15.4. The third-order valence-corrected chi connectivity index (χ3v) is 5.78. The standard InChI is InChI=1S/C26H25F4NO2/c1-17-4-13-23(16-18(17)2)31(15-14-19-5-7-21(8-6-19)26(28,29)30)24(32)25(3,33)20-9-11-22(27)12-10-20/h4-13,16,33H,14-15H2,1-3H3. The first kappa shape index (κ1) is 24.5. The van der Waals surface area contributed by atoms with E-state index in [1.54, 1.807) is 6.07 Å². The van der Waals surface area contributed by atoms with Crippen LogP contribution in [0.5, 0.6) is 0 Å². The number of alkyl halides is 3. The highest BCUT2D eigenvalue weighted by Crippen LogP contribution is 2.30. The number of nitrogens with zero attached hydrogens (tertiary/aromatic N) is 1. The summed E-state index contributed by atoms with van der Waals surface area (Å²) in [6, 6.07) is 15.2. The number of benzene rings is 3. The van der Waals surface area contributed by atoms with Crippen molar-refractivity contribution in [3.05, 3.63) is 100 Å². The Morgan fingerprint density at radius 2 is 1.45 bits per heavy atom. The Kier molecular flexibility index (Phi) is 6.93. The minimum atomic E-state index is -4.42. The first-order valence-corrected chi connectivity index (χ1v) is 10.4. The highest BCUT2D eigenvalue weighted by molar-refractivity contribution is 5.99. The van der Waals surface area contributed by atoms with Crippen LogP contribution in [0.4, 0.5) is 23.2 Å². The molecule has 33 heavy (non-hydrogen) atoms. The van der Waals surface area contributed by atoms with Gasteiger partial charge in [-0.3, -0.25) is 4.79 Å². The summed E-state index contributed by atoms with van der Waals surface area (Å²) in [4.78, 5) is 14.9. The molecule has 174 valence electrons. The molecule has 3 aromatic rings. The molecule has 1 unspecified atom stereocenters. The molecule has 1 N–H and O–H groups in total. The second-order valence-electron chi connectivity index (χ2n) is 8.25. The van der Waals surface area contributed by atoms with Gasteiger partial charge in [0.15, 0.2) is 5.60 Å². The van der Waals surface area contributed by atoms with Crippen LogP contribution in [-0.4, -0.2) is 17.6 Å². The van der Waals surface area contributed by atoms with Crippen LogP contribution in [-0.2, 0) is 23.0 Å². The predicted molar refractivity (Wildman–Crippen MR) is 119 cm³/mol. The number of hydrogen-bond donors (Lipinski definition) is 1. The second-order valence-corrected chi connectivity index (χ2v) is 8.25. The molecule has 3 rings (SSSR count). The molecule has 0 saturated carbocycles. The maximum Gasteiger partial charge on any atom is 0.416 e. The molecule has 1 atom stereocenters. The number of amides is 1. The van der Waals surface area contributed by atoms with Gasteiger partial charge in [-0.2, -0.15) is 13.2 Å². The van der Waals surface area contributed by atoms with Gasteiger partial charge in [0, 0.05) is 12.2 Å². The van der Waals surface area contributed by atoms with E-state index in [1.165, 1.54) is 48.2 Å². The van der Waals surface area contributed by atoms with E-state index < -0.39 is 29.1 Å². The number of aliphatic hydroxyl groups is 1. The molecule has 0 aliphatic heterocycles. The average Bonchev–Trinajstić information content (AvgIpc) is 2.76. The number of aryl methyl sites for hydroxylation is 2. The molecule has 3 aromatic carbocycles. The lowest BCUT2D eigenvalue weighted by Gasteiger charge is -2.32. The van der Waals surface area contributed by atoms with E-state index in [-0.39, 0.29) is 18.5 Å². The minimum absolute atomic E-state index is 0.129. The van der Waals surface area contributed by atoms with E-state index in [1.807, 2.05) is 26.0 Å². The molecule has 0 heterocycles. The van der Waals surface area contributed by atoms with Crippen molar-refractivity contribution in [1.82, 2.24) is 0 Å². The molecule has 1 amide bonds. The summed E-state index contributed by atoms with van der Waals surface area (Å²) in [5.74, 6) is -1.11. The van der Waals surface area contributed by atoms with E-state index >= 15 is 0 Å².